The second-order valence-corrected chi connectivity index (χ2v) is 5.33. The van der Waals surface area contributed by atoms with E-state index in [1.165, 1.54) is 31.7 Å². The number of unbranched alkanes of at least 4 members (excludes halogenated alkanes) is 1. The average Bonchev–Trinajstić information content (AvgIpc) is 3.28. The van der Waals surface area contributed by atoms with Gasteiger partial charge in [-0.2, -0.15) is 0 Å². The summed E-state index contributed by atoms with van der Waals surface area (Å²) in [4.78, 5) is 2.49. The van der Waals surface area contributed by atoms with Crippen molar-refractivity contribution in [1.82, 2.24) is 4.90 Å². The molecule has 1 aromatic rings. The molecule has 0 aliphatic heterocycles. The van der Waals surface area contributed by atoms with Gasteiger partial charge in [-0.25, -0.2) is 4.39 Å². The number of halogens is 1. The Morgan fingerprint density at radius 3 is 2.85 bits per heavy atom. The van der Waals surface area contributed by atoms with Crippen LogP contribution in [0.25, 0.3) is 0 Å². The highest BCUT2D eigenvalue weighted by atomic mass is 19.1. The highest BCUT2D eigenvalue weighted by molar-refractivity contribution is 5.38. The zero-order chi connectivity index (χ0) is 14.4. The van der Waals surface area contributed by atoms with E-state index in [1.807, 2.05) is 6.07 Å². The molecule has 0 aromatic heterocycles. The zero-order valence-corrected chi connectivity index (χ0v) is 12.0. The number of aliphatic hydroxyl groups excluding tert-OH is 1. The molecule has 1 aliphatic rings. The van der Waals surface area contributed by atoms with Crippen molar-refractivity contribution in [3.05, 3.63) is 35.1 Å². The van der Waals surface area contributed by atoms with Crippen LogP contribution < -0.4 is 0 Å². The molecule has 2 rings (SSSR count). The van der Waals surface area contributed by atoms with Gasteiger partial charge in [0.2, 0.25) is 0 Å². The number of nitrogens with zero attached hydrogens (tertiary/aromatic N) is 1. The Hall–Kier alpha value is -1.37. The van der Waals surface area contributed by atoms with Gasteiger partial charge < -0.3 is 5.11 Å². The third-order valence-electron chi connectivity index (χ3n) is 3.58. The Balaban J connectivity index is 2.07. The first-order valence-electron chi connectivity index (χ1n) is 7.36. The summed E-state index contributed by atoms with van der Waals surface area (Å²) in [6, 6.07) is 5.82. The van der Waals surface area contributed by atoms with Crippen LogP contribution in [0.5, 0.6) is 0 Å². The van der Waals surface area contributed by atoms with Crippen LogP contribution in [-0.2, 0) is 6.54 Å². The quantitative estimate of drug-likeness (QED) is 0.807. The van der Waals surface area contributed by atoms with Gasteiger partial charge >= 0.3 is 0 Å². The van der Waals surface area contributed by atoms with E-state index in [0.29, 0.717) is 11.6 Å². The van der Waals surface area contributed by atoms with Gasteiger partial charge in [-0.05, 0) is 43.5 Å². The maximum Gasteiger partial charge on any atom is 0.138 e. The minimum absolute atomic E-state index is 0.242. The molecule has 0 radical (unpaired) electrons. The molecule has 108 valence electrons. The van der Waals surface area contributed by atoms with Gasteiger partial charge in [0.25, 0.3) is 0 Å². The Bertz CT molecular complexity index is 499. The number of hydrogen-bond acceptors (Lipinski definition) is 2. The summed E-state index contributed by atoms with van der Waals surface area (Å²) < 4.78 is 13.6. The molecule has 1 aromatic carbocycles. The first-order chi connectivity index (χ1) is 9.74. The van der Waals surface area contributed by atoms with Gasteiger partial charge in [-0.1, -0.05) is 31.3 Å². The van der Waals surface area contributed by atoms with Crippen molar-refractivity contribution in [3.8, 4) is 11.8 Å². The Morgan fingerprint density at radius 1 is 1.40 bits per heavy atom. The Morgan fingerprint density at radius 2 is 2.20 bits per heavy atom. The van der Waals surface area contributed by atoms with Gasteiger partial charge in [0.15, 0.2) is 0 Å². The van der Waals surface area contributed by atoms with E-state index in [2.05, 4.69) is 23.7 Å². The molecule has 3 heteroatoms. The van der Waals surface area contributed by atoms with Crippen molar-refractivity contribution in [3.63, 3.8) is 0 Å². The van der Waals surface area contributed by atoms with Crippen LogP contribution in [0.3, 0.4) is 0 Å². The lowest BCUT2D eigenvalue weighted by Crippen LogP contribution is -2.26. The van der Waals surface area contributed by atoms with Gasteiger partial charge in [0, 0.05) is 12.6 Å². The third-order valence-corrected chi connectivity index (χ3v) is 3.58. The van der Waals surface area contributed by atoms with E-state index >= 15 is 0 Å². The molecule has 0 spiro atoms. The van der Waals surface area contributed by atoms with Crippen LogP contribution in [0.4, 0.5) is 4.39 Å². The van der Waals surface area contributed by atoms with E-state index in [-0.39, 0.29) is 12.4 Å². The van der Waals surface area contributed by atoms with Gasteiger partial charge in [0.05, 0.1) is 5.56 Å². The van der Waals surface area contributed by atoms with E-state index in [9.17, 15) is 4.39 Å². The molecule has 1 aliphatic carbocycles. The summed E-state index contributed by atoms with van der Waals surface area (Å²) in [6.45, 7) is 3.93. The fourth-order valence-electron chi connectivity index (χ4n) is 2.33. The number of rotatable bonds is 6. The minimum Gasteiger partial charge on any atom is -0.384 e. The van der Waals surface area contributed by atoms with Crippen molar-refractivity contribution in [1.29, 1.82) is 0 Å². The van der Waals surface area contributed by atoms with Crippen LogP contribution in [0.1, 0.15) is 43.7 Å². The van der Waals surface area contributed by atoms with Gasteiger partial charge in [0.1, 0.15) is 12.4 Å². The Kier molecular flexibility index (Phi) is 5.58. The smallest absolute Gasteiger partial charge is 0.138 e. The lowest BCUT2D eigenvalue weighted by atomic mass is 10.1. The normalized spacial score (nSPS) is 14.2. The molecule has 1 N–H and O–H groups in total. The topological polar surface area (TPSA) is 23.5 Å². The lowest BCUT2D eigenvalue weighted by Gasteiger charge is -2.22. The summed E-state index contributed by atoms with van der Waals surface area (Å²) in [5.41, 5.74) is 1.47. The second kappa shape index (κ2) is 7.42. The van der Waals surface area contributed by atoms with Crippen molar-refractivity contribution >= 4 is 0 Å². The SMILES string of the molecule is CCCCN(Cc1ccc(F)c(C#CCO)c1)C1CC1. The molecule has 0 atom stereocenters. The minimum atomic E-state index is -0.318. The van der Waals surface area contributed by atoms with Crippen LogP contribution >= 0.6 is 0 Å². The van der Waals surface area contributed by atoms with E-state index in [4.69, 9.17) is 5.11 Å². The van der Waals surface area contributed by atoms with Gasteiger partial charge in [-0.3, -0.25) is 4.90 Å². The van der Waals surface area contributed by atoms with Crippen molar-refractivity contribution in [2.75, 3.05) is 13.2 Å². The highest BCUT2D eigenvalue weighted by Crippen LogP contribution is 2.28. The largest absolute Gasteiger partial charge is 0.384 e. The number of benzene rings is 1. The molecule has 0 saturated heterocycles. The van der Waals surface area contributed by atoms with Crippen LogP contribution in [-0.4, -0.2) is 29.2 Å². The average molecular weight is 275 g/mol. The van der Waals surface area contributed by atoms with E-state index in [0.717, 1.165) is 18.7 Å². The molecule has 0 amide bonds. The fraction of sp³-hybridized carbons (Fsp3) is 0.529. The van der Waals surface area contributed by atoms with Crippen molar-refractivity contribution < 1.29 is 9.50 Å². The molecule has 20 heavy (non-hydrogen) atoms. The summed E-state index contributed by atoms with van der Waals surface area (Å²) in [5, 5.41) is 8.71. The first-order valence-corrected chi connectivity index (χ1v) is 7.36. The molecule has 0 unspecified atom stereocenters. The van der Waals surface area contributed by atoms with E-state index in [1.54, 1.807) is 6.07 Å². The van der Waals surface area contributed by atoms with Crippen molar-refractivity contribution in [2.45, 2.75) is 45.2 Å². The fourth-order valence-corrected chi connectivity index (χ4v) is 2.33. The van der Waals surface area contributed by atoms with Crippen LogP contribution in [0.2, 0.25) is 0 Å². The molecule has 0 bridgehead atoms. The summed E-state index contributed by atoms with van der Waals surface area (Å²) >= 11 is 0. The summed E-state index contributed by atoms with van der Waals surface area (Å²) in [5.74, 6) is 4.86. The molecule has 1 saturated carbocycles. The standard InChI is InChI=1S/C17H22FNO/c1-2-3-10-19(16-7-8-16)13-14-6-9-17(18)15(12-14)5-4-11-20/h6,9,12,16,20H,2-3,7-8,10-11,13H2,1H3. The molecular formula is C17H22FNO. The summed E-state index contributed by atoms with van der Waals surface area (Å²) in [6.07, 6.45) is 4.96. The molecule has 1 fully saturated rings. The molecule has 0 heterocycles. The third kappa shape index (κ3) is 4.33. The Labute approximate surface area is 120 Å². The predicted octanol–water partition coefficient (Wildman–Crippen LogP) is 2.93. The lowest BCUT2D eigenvalue weighted by molar-refractivity contribution is 0.250. The number of aliphatic hydroxyl groups is 1. The molecule has 2 nitrogen and oxygen atoms in total. The van der Waals surface area contributed by atoms with Crippen LogP contribution in [0, 0.1) is 17.7 Å². The van der Waals surface area contributed by atoms with Crippen LogP contribution in [0.15, 0.2) is 18.2 Å². The zero-order valence-electron chi connectivity index (χ0n) is 12.0. The number of hydrogen-bond donors (Lipinski definition) is 1. The maximum atomic E-state index is 13.6. The monoisotopic (exact) mass is 275 g/mol. The first kappa shape index (κ1) is 15.0. The maximum absolute atomic E-state index is 13.6. The summed E-state index contributed by atoms with van der Waals surface area (Å²) in [7, 11) is 0. The second-order valence-electron chi connectivity index (χ2n) is 5.33. The van der Waals surface area contributed by atoms with Gasteiger partial charge in [-0.15, -0.1) is 0 Å². The van der Waals surface area contributed by atoms with E-state index < -0.39 is 0 Å². The molecular weight excluding hydrogens is 253 g/mol. The predicted molar refractivity (Wildman–Crippen MR) is 78.7 cm³/mol. The highest BCUT2D eigenvalue weighted by Gasteiger charge is 2.28. The van der Waals surface area contributed by atoms with Crippen molar-refractivity contribution in [2.24, 2.45) is 0 Å².